The van der Waals surface area contributed by atoms with Crippen LogP contribution in [-0.2, 0) is 9.53 Å². The molecular weight excluding hydrogens is 464 g/mol. The van der Waals surface area contributed by atoms with Crippen molar-refractivity contribution < 1.29 is 18.7 Å². The fourth-order valence-electron chi connectivity index (χ4n) is 4.04. The van der Waals surface area contributed by atoms with Crippen LogP contribution in [0.15, 0.2) is 92.8 Å². The van der Waals surface area contributed by atoms with Crippen LogP contribution < -0.4 is 19.6 Å². The molecule has 0 saturated heterocycles. The molecule has 3 heterocycles. The quantitative estimate of drug-likeness (QED) is 0.390. The van der Waals surface area contributed by atoms with Crippen molar-refractivity contribution in [3.05, 3.63) is 115 Å². The van der Waals surface area contributed by atoms with E-state index in [9.17, 15) is 9.59 Å². The number of nitrogens with zero attached hydrogens (tertiary/aromatic N) is 2. The molecule has 1 aliphatic rings. The second-order valence-corrected chi connectivity index (χ2v) is 8.73. The summed E-state index contributed by atoms with van der Waals surface area (Å²) in [6, 6.07) is 19.6. The zero-order chi connectivity index (χ0) is 24.4. The summed E-state index contributed by atoms with van der Waals surface area (Å²) in [5.41, 5.74) is 2.02. The monoisotopic (exact) mass is 486 g/mol. The van der Waals surface area contributed by atoms with Crippen molar-refractivity contribution in [1.29, 1.82) is 0 Å². The predicted molar refractivity (Wildman–Crippen MR) is 133 cm³/mol. The minimum atomic E-state index is -0.731. The first-order valence-corrected chi connectivity index (χ1v) is 11.9. The van der Waals surface area contributed by atoms with E-state index in [1.165, 1.54) is 11.3 Å². The summed E-state index contributed by atoms with van der Waals surface area (Å²) in [5, 5.41) is 0. The van der Waals surface area contributed by atoms with E-state index in [-0.39, 0.29) is 12.2 Å². The lowest BCUT2D eigenvalue weighted by Crippen LogP contribution is -2.40. The third-order valence-electron chi connectivity index (χ3n) is 5.62. The molecule has 1 atom stereocenters. The van der Waals surface area contributed by atoms with Crippen molar-refractivity contribution in [3.63, 3.8) is 0 Å². The number of hydrogen-bond acceptors (Lipinski definition) is 7. The van der Waals surface area contributed by atoms with E-state index in [0.29, 0.717) is 32.1 Å². The normalized spacial score (nSPS) is 15.5. The van der Waals surface area contributed by atoms with Gasteiger partial charge in [-0.1, -0.05) is 53.8 Å². The van der Waals surface area contributed by atoms with Gasteiger partial charge in [0.15, 0.2) is 4.80 Å². The number of rotatable bonds is 6. The van der Waals surface area contributed by atoms with Crippen LogP contribution in [0.4, 0.5) is 0 Å². The van der Waals surface area contributed by atoms with Gasteiger partial charge >= 0.3 is 5.97 Å². The Labute approximate surface area is 204 Å². The van der Waals surface area contributed by atoms with Crippen molar-refractivity contribution in [3.8, 4) is 5.75 Å². The maximum atomic E-state index is 13.7. The van der Waals surface area contributed by atoms with Crippen molar-refractivity contribution in [2.24, 2.45) is 4.99 Å². The van der Waals surface area contributed by atoms with Crippen LogP contribution in [0.3, 0.4) is 0 Å². The highest BCUT2D eigenvalue weighted by Crippen LogP contribution is 2.35. The lowest BCUT2D eigenvalue weighted by molar-refractivity contribution is -0.138. The van der Waals surface area contributed by atoms with Gasteiger partial charge in [0.1, 0.15) is 11.5 Å². The topological polar surface area (TPSA) is 83.0 Å². The molecule has 35 heavy (non-hydrogen) atoms. The van der Waals surface area contributed by atoms with Crippen LogP contribution in [0.25, 0.3) is 11.8 Å². The fraction of sp³-hybridized carbons (Fsp3) is 0.148. The highest BCUT2D eigenvalue weighted by atomic mass is 32.1. The van der Waals surface area contributed by atoms with E-state index in [1.54, 1.807) is 55.2 Å². The molecule has 8 heteroatoms. The number of benzene rings is 2. The van der Waals surface area contributed by atoms with Crippen LogP contribution in [0.1, 0.15) is 29.9 Å². The lowest BCUT2D eigenvalue weighted by Gasteiger charge is -2.26. The molecule has 0 radical (unpaired) electrons. The number of aromatic nitrogens is 1. The number of carbonyl (C=O) groups is 1. The average Bonchev–Trinajstić information content (AvgIpc) is 3.51. The largest absolute Gasteiger partial charge is 0.497 e. The Hall–Kier alpha value is -4.17. The zero-order valence-corrected chi connectivity index (χ0v) is 20.0. The second-order valence-electron chi connectivity index (χ2n) is 7.72. The molecule has 2 aromatic carbocycles. The first-order chi connectivity index (χ1) is 17.1. The van der Waals surface area contributed by atoms with Crippen molar-refractivity contribution >= 4 is 29.1 Å². The van der Waals surface area contributed by atoms with Crippen molar-refractivity contribution in [2.75, 3.05) is 13.7 Å². The number of fused-ring (bicyclic) bond motifs is 1. The van der Waals surface area contributed by atoms with E-state index in [0.717, 1.165) is 11.1 Å². The second kappa shape index (κ2) is 9.60. The first-order valence-electron chi connectivity index (χ1n) is 11.1. The third kappa shape index (κ3) is 4.24. The Balaban J connectivity index is 1.83. The number of hydrogen-bond donors (Lipinski definition) is 0. The Morgan fingerprint density at radius 3 is 2.54 bits per heavy atom. The van der Waals surface area contributed by atoms with Gasteiger partial charge in [0.2, 0.25) is 0 Å². The summed E-state index contributed by atoms with van der Waals surface area (Å²) in [4.78, 5) is 32.3. The number of methoxy groups -OCH3 is 1. The molecule has 0 spiro atoms. The molecule has 1 aliphatic heterocycles. The van der Waals surface area contributed by atoms with Gasteiger partial charge in [0, 0.05) is 11.6 Å². The SMILES string of the molecule is CCOC(=O)C1=C(c2ccccc2)N=c2s/c(=C\c3ccco3)c(=O)n2[C@@H]1c1ccc(OC)cc1. The minimum absolute atomic E-state index is 0.197. The molecule has 5 rings (SSSR count). The Bertz CT molecular complexity index is 1560. The minimum Gasteiger partial charge on any atom is -0.497 e. The molecule has 2 aromatic heterocycles. The Morgan fingerprint density at radius 2 is 1.89 bits per heavy atom. The molecule has 0 bridgehead atoms. The van der Waals surface area contributed by atoms with Gasteiger partial charge in [-0.15, -0.1) is 0 Å². The molecular formula is C27H22N2O5S. The van der Waals surface area contributed by atoms with E-state index < -0.39 is 12.0 Å². The summed E-state index contributed by atoms with van der Waals surface area (Å²) in [6.45, 7) is 1.95. The summed E-state index contributed by atoms with van der Waals surface area (Å²) in [6.07, 6.45) is 3.24. The fourth-order valence-corrected chi connectivity index (χ4v) is 5.03. The Kier molecular flexibility index (Phi) is 6.20. The maximum absolute atomic E-state index is 13.7. The highest BCUT2D eigenvalue weighted by molar-refractivity contribution is 7.07. The van der Waals surface area contributed by atoms with Gasteiger partial charge in [-0.2, -0.15) is 0 Å². The van der Waals surface area contributed by atoms with Crippen LogP contribution in [-0.4, -0.2) is 24.3 Å². The van der Waals surface area contributed by atoms with Crippen LogP contribution in [0.2, 0.25) is 0 Å². The summed E-state index contributed by atoms with van der Waals surface area (Å²) in [7, 11) is 1.59. The number of ether oxygens (including phenoxy) is 2. The average molecular weight is 487 g/mol. The number of carbonyl (C=O) groups excluding carboxylic acids is 1. The molecule has 0 fully saturated rings. The van der Waals surface area contributed by atoms with E-state index in [4.69, 9.17) is 18.9 Å². The highest BCUT2D eigenvalue weighted by Gasteiger charge is 2.35. The lowest BCUT2D eigenvalue weighted by atomic mass is 9.93. The first kappa shape index (κ1) is 22.6. The summed E-state index contributed by atoms with van der Waals surface area (Å²) in [5.74, 6) is 0.712. The van der Waals surface area contributed by atoms with Gasteiger partial charge in [-0.3, -0.25) is 9.36 Å². The molecule has 176 valence electrons. The number of furan rings is 1. The molecule has 0 saturated carbocycles. The summed E-state index contributed by atoms with van der Waals surface area (Å²) < 4.78 is 18.2. The molecule has 4 aromatic rings. The van der Waals surface area contributed by atoms with E-state index >= 15 is 0 Å². The van der Waals surface area contributed by atoms with Gasteiger partial charge < -0.3 is 13.9 Å². The molecule has 7 nitrogen and oxygen atoms in total. The van der Waals surface area contributed by atoms with Crippen LogP contribution in [0, 0.1) is 0 Å². The smallest absolute Gasteiger partial charge is 0.338 e. The number of esters is 1. The standard InChI is InChI=1S/C27H22N2O5S/c1-3-33-26(31)22-23(17-8-5-4-6-9-17)28-27-29(24(22)18-11-13-19(32-2)14-12-18)25(30)21(35-27)16-20-10-7-15-34-20/h4-16,24H,3H2,1-2H3/b21-16-/t24-/m1/s1. The third-order valence-corrected chi connectivity index (χ3v) is 6.60. The molecule has 0 unspecified atom stereocenters. The predicted octanol–water partition coefficient (Wildman–Crippen LogP) is 3.54. The van der Waals surface area contributed by atoms with Crippen LogP contribution >= 0.6 is 11.3 Å². The van der Waals surface area contributed by atoms with E-state index in [2.05, 4.69) is 0 Å². The van der Waals surface area contributed by atoms with Crippen molar-refractivity contribution in [1.82, 2.24) is 4.57 Å². The number of thiazole rings is 1. The summed E-state index contributed by atoms with van der Waals surface area (Å²) >= 11 is 1.25. The molecule has 0 aliphatic carbocycles. The molecule has 0 N–H and O–H groups in total. The maximum Gasteiger partial charge on any atom is 0.338 e. The Morgan fingerprint density at radius 1 is 1.11 bits per heavy atom. The van der Waals surface area contributed by atoms with Gasteiger partial charge in [0.25, 0.3) is 5.56 Å². The van der Waals surface area contributed by atoms with Gasteiger partial charge in [0.05, 0.1) is 41.8 Å². The van der Waals surface area contributed by atoms with Gasteiger partial charge in [-0.25, -0.2) is 9.79 Å². The van der Waals surface area contributed by atoms with E-state index in [1.807, 2.05) is 42.5 Å². The van der Waals surface area contributed by atoms with Crippen molar-refractivity contribution in [2.45, 2.75) is 13.0 Å². The zero-order valence-electron chi connectivity index (χ0n) is 19.1. The molecule has 0 amide bonds. The van der Waals surface area contributed by atoms with Crippen LogP contribution in [0.5, 0.6) is 5.75 Å². The van der Waals surface area contributed by atoms with Gasteiger partial charge in [-0.05, 0) is 36.8 Å².